The van der Waals surface area contributed by atoms with E-state index in [0.29, 0.717) is 29.5 Å². The lowest BCUT2D eigenvalue weighted by Crippen LogP contribution is -2.46. The summed E-state index contributed by atoms with van der Waals surface area (Å²) >= 11 is 5.89. The molecule has 0 radical (unpaired) electrons. The summed E-state index contributed by atoms with van der Waals surface area (Å²) in [6.45, 7) is 1.74. The summed E-state index contributed by atoms with van der Waals surface area (Å²) in [6, 6.07) is 14.2. The molecule has 0 saturated heterocycles. The fraction of sp³-hybridized carbons (Fsp3) is 0.286. The number of carbonyl (C=O) groups is 3. The molecule has 0 atom stereocenters. The van der Waals surface area contributed by atoms with Gasteiger partial charge in [0.05, 0.1) is 13.2 Å². The van der Waals surface area contributed by atoms with E-state index >= 15 is 0 Å². The number of hydrogen-bond donors (Lipinski definition) is 3. The largest absolute Gasteiger partial charge is 0.493 e. The van der Waals surface area contributed by atoms with Gasteiger partial charge in [-0.2, -0.15) is 0 Å². The van der Waals surface area contributed by atoms with Gasteiger partial charge in [0.1, 0.15) is 11.5 Å². The van der Waals surface area contributed by atoms with Crippen molar-refractivity contribution in [3.05, 3.63) is 59.1 Å². The van der Waals surface area contributed by atoms with Crippen molar-refractivity contribution in [2.45, 2.75) is 19.8 Å². The van der Waals surface area contributed by atoms with Crippen LogP contribution >= 0.6 is 11.6 Å². The first-order valence-electron chi connectivity index (χ1n) is 9.35. The Balaban J connectivity index is 1.53. The maximum absolute atomic E-state index is 11.8. The minimum Gasteiger partial charge on any atom is -0.493 e. The van der Waals surface area contributed by atoms with Gasteiger partial charge in [0.15, 0.2) is 6.61 Å². The third kappa shape index (κ3) is 8.83. The summed E-state index contributed by atoms with van der Waals surface area (Å²) in [4.78, 5) is 35.1. The van der Waals surface area contributed by atoms with Crippen LogP contribution in [0.2, 0.25) is 5.02 Å². The van der Waals surface area contributed by atoms with Crippen molar-refractivity contribution in [2.75, 3.05) is 19.8 Å². The summed E-state index contributed by atoms with van der Waals surface area (Å²) in [7, 11) is 0. The van der Waals surface area contributed by atoms with Gasteiger partial charge >= 0.3 is 0 Å². The van der Waals surface area contributed by atoms with Crippen molar-refractivity contribution >= 4 is 29.3 Å². The molecule has 0 aromatic heterocycles. The maximum atomic E-state index is 11.8. The first-order valence-corrected chi connectivity index (χ1v) is 9.73. The molecule has 0 heterocycles. The topological polar surface area (TPSA) is 106 Å². The van der Waals surface area contributed by atoms with Crippen LogP contribution in [0.4, 0.5) is 0 Å². The average molecular weight is 434 g/mol. The minimum atomic E-state index is -0.551. The number of carbonyl (C=O) groups excluding carboxylic acids is 3. The number of ether oxygens (including phenoxy) is 2. The smallest absolute Gasteiger partial charge is 0.258 e. The van der Waals surface area contributed by atoms with Crippen LogP contribution < -0.4 is 25.6 Å². The highest BCUT2D eigenvalue weighted by Gasteiger charge is 2.08. The van der Waals surface area contributed by atoms with Crippen LogP contribution in [-0.4, -0.2) is 37.5 Å². The molecule has 0 aliphatic heterocycles. The highest BCUT2D eigenvalue weighted by Crippen LogP contribution is 2.21. The van der Waals surface area contributed by atoms with Crippen LogP contribution in [-0.2, 0) is 14.4 Å². The van der Waals surface area contributed by atoms with E-state index in [1.54, 1.807) is 42.5 Å². The van der Waals surface area contributed by atoms with Crippen LogP contribution in [0.15, 0.2) is 48.5 Å². The number of nitrogens with one attached hydrogen (secondary N) is 3. The average Bonchev–Trinajstić information content (AvgIpc) is 2.74. The second-order valence-corrected chi connectivity index (χ2v) is 6.77. The highest BCUT2D eigenvalue weighted by molar-refractivity contribution is 6.30. The molecule has 2 rings (SSSR count). The number of aryl methyl sites for hydroxylation is 1. The fourth-order valence-corrected chi connectivity index (χ4v) is 2.56. The van der Waals surface area contributed by atoms with E-state index in [0.717, 1.165) is 5.56 Å². The predicted octanol–water partition coefficient (Wildman–Crippen LogP) is 2.15. The standard InChI is InChI=1S/C21H24ClN3O5/c1-15-12-16(22)9-10-18(15)29-11-5-8-19(26)24-25-20(27)13-23-21(28)14-30-17-6-3-2-4-7-17/h2-4,6-7,9-10,12H,5,8,11,13-14H2,1H3,(H,23,28)(H,24,26)(H,25,27). The van der Waals surface area contributed by atoms with Crippen molar-refractivity contribution < 1.29 is 23.9 Å². The normalized spacial score (nSPS) is 10.1. The molecule has 0 saturated carbocycles. The van der Waals surface area contributed by atoms with Gasteiger partial charge in [0.25, 0.3) is 11.8 Å². The number of para-hydroxylation sites is 1. The third-order valence-corrected chi connectivity index (χ3v) is 4.08. The van der Waals surface area contributed by atoms with Crippen molar-refractivity contribution in [3.8, 4) is 11.5 Å². The van der Waals surface area contributed by atoms with E-state index in [1.807, 2.05) is 13.0 Å². The number of rotatable bonds is 10. The van der Waals surface area contributed by atoms with Gasteiger partial charge in [0, 0.05) is 11.4 Å². The molecule has 0 spiro atoms. The molecule has 3 N–H and O–H groups in total. The molecule has 30 heavy (non-hydrogen) atoms. The zero-order valence-corrected chi connectivity index (χ0v) is 17.3. The van der Waals surface area contributed by atoms with E-state index in [4.69, 9.17) is 21.1 Å². The third-order valence-electron chi connectivity index (χ3n) is 3.84. The van der Waals surface area contributed by atoms with E-state index in [1.165, 1.54) is 0 Å². The van der Waals surface area contributed by atoms with E-state index in [9.17, 15) is 14.4 Å². The first-order chi connectivity index (χ1) is 14.4. The lowest BCUT2D eigenvalue weighted by molar-refractivity contribution is -0.130. The van der Waals surface area contributed by atoms with Gasteiger partial charge in [-0.1, -0.05) is 29.8 Å². The SMILES string of the molecule is Cc1cc(Cl)ccc1OCCCC(=O)NNC(=O)CNC(=O)COc1ccccc1. The van der Waals surface area contributed by atoms with E-state index in [-0.39, 0.29) is 25.5 Å². The Morgan fingerprint density at radius 2 is 1.67 bits per heavy atom. The number of hydrogen-bond acceptors (Lipinski definition) is 5. The van der Waals surface area contributed by atoms with Crippen molar-refractivity contribution in [3.63, 3.8) is 0 Å². The Hall–Kier alpha value is -3.26. The summed E-state index contributed by atoms with van der Waals surface area (Å²) in [5.74, 6) is -0.0994. The molecular weight excluding hydrogens is 410 g/mol. The summed E-state index contributed by atoms with van der Waals surface area (Å²) < 4.78 is 10.9. The quantitative estimate of drug-likeness (QED) is 0.393. The summed E-state index contributed by atoms with van der Waals surface area (Å²) in [5, 5.41) is 3.03. The van der Waals surface area contributed by atoms with Crippen LogP contribution in [0.5, 0.6) is 11.5 Å². The number of benzene rings is 2. The molecule has 9 heteroatoms. The lowest BCUT2D eigenvalue weighted by atomic mass is 10.2. The van der Waals surface area contributed by atoms with E-state index < -0.39 is 11.8 Å². The second kappa shape index (κ2) is 12.3. The van der Waals surface area contributed by atoms with Crippen molar-refractivity contribution in [2.24, 2.45) is 0 Å². The predicted molar refractivity (Wildman–Crippen MR) is 112 cm³/mol. The van der Waals surface area contributed by atoms with Crippen molar-refractivity contribution in [1.29, 1.82) is 0 Å². The zero-order valence-electron chi connectivity index (χ0n) is 16.6. The lowest BCUT2D eigenvalue weighted by Gasteiger charge is -2.10. The monoisotopic (exact) mass is 433 g/mol. The molecule has 0 bridgehead atoms. The molecular formula is C21H24ClN3O5. The molecule has 0 fully saturated rings. The second-order valence-electron chi connectivity index (χ2n) is 6.34. The Kier molecular flexibility index (Phi) is 9.47. The molecule has 2 aromatic rings. The number of hydrazine groups is 1. The van der Waals surface area contributed by atoms with Crippen LogP contribution in [0.3, 0.4) is 0 Å². The fourth-order valence-electron chi connectivity index (χ4n) is 2.33. The Bertz CT molecular complexity index is 861. The molecule has 0 aliphatic carbocycles. The molecule has 2 aromatic carbocycles. The van der Waals surface area contributed by atoms with E-state index in [2.05, 4.69) is 16.2 Å². The van der Waals surface area contributed by atoms with Crippen LogP contribution in [0, 0.1) is 6.92 Å². The number of amides is 3. The van der Waals surface area contributed by atoms with Crippen LogP contribution in [0.1, 0.15) is 18.4 Å². The Morgan fingerprint density at radius 1 is 0.933 bits per heavy atom. The van der Waals surface area contributed by atoms with Crippen molar-refractivity contribution in [1.82, 2.24) is 16.2 Å². The van der Waals surface area contributed by atoms with Gasteiger partial charge in [-0.15, -0.1) is 0 Å². The summed E-state index contributed by atoms with van der Waals surface area (Å²) in [5.41, 5.74) is 5.44. The van der Waals surface area contributed by atoms with Gasteiger partial charge in [-0.25, -0.2) is 0 Å². The Labute approximate surface area is 179 Å². The van der Waals surface area contributed by atoms with Gasteiger partial charge in [0.2, 0.25) is 5.91 Å². The molecule has 160 valence electrons. The number of halogens is 1. The van der Waals surface area contributed by atoms with Gasteiger partial charge in [-0.3, -0.25) is 25.2 Å². The molecule has 3 amide bonds. The van der Waals surface area contributed by atoms with Crippen LogP contribution in [0.25, 0.3) is 0 Å². The minimum absolute atomic E-state index is 0.171. The Morgan fingerprint density at radius 3 is 2.40 bits per heavy atom. The zero-order chi connectivity index (χ0) is 21.8. The maximum Gasteiger partial charge on any atom is 0.258 e. The van der Waals surface area contributed by atoms with Gasteiger partial charge < -0.3 is 14.8 Å². The molecule has 0 aliphatic rings. The molecule has 0 unspecified atom stereocenters. The molecule has 8 nitrogen and oxygen atoms in total. The highest BCUT2D eigenvalue weighted by atomic mass is 35.5. The first kappa shape index (κ1) is 23.0. The van der Waals surface area contributed by atoms with Gasteiger partial charge in [-0.05, 0) is 49.2 Å². The summed E-state index contributed by atoms with van der Waals surface area (Å²) in [6.07, 6.45) is 0.640.